The van der Waals surface area contributed by atoms with Gasteiger partial charge in [0.05, 0.1) is 28.3 Å². The highest BCUT2D eigenvalue weighted by Gasteiger charge is 2.21. The van der Waals surface area contributed by atoms with Crippen LogP contribution in [0.2, 0.25) is 0 Å². The van der Waals surface area contributed by atoms with Crippen LogP contribution in [0.4, 0.5) is 11.4 Å². The molecule has 15 heteroatoms. The van der Waals surface area contributed by atoms with Gasteiger partial charge in [0, 0.05) is 4.90 Å². The summed E-state index contributed by atoms with van der Waals surface area (Å²) in [4.78, 5) is 24.4. The Bertz CT molecular complexity index is 1350. The summed E-state index contributed by atoms with van der Waals surface area (Å²) in [5.74, 6) is -1.47. The predicted octanol–water partition coefficient (Wildman–Crippen LogP) is 3.26. The van der Waals surface area contributed by atoms with Gasteiger partial charge in [-0.25, -0.2) is 14.7 Å². The Kier molecular flexibility index (Phi) is 6.87. The molecule has 0 atom stereocenters. The highest BCUT2D eigenvalue weighted by Crippen LogP contribution is 2.29. The minimum atomic E-state index is -4.44. The van der Waals surface area contributed by atoms with E-state index in [4.69, 9.17) is 9.81 Å². The second-order valence-electron chi connectivity index (χ2n) is 6.13. The minimum Gasteiger partial charge on any atom is -0.476 e. The number of hydrogen-bond donors (Lipinski definition) is 4. The molecule has 0 aliphatic rings. The Labute approximate surface area is 183 Å². The fourth-order valence-electron chi connectivity index (χ4n) is 2.52. The molecule has 1 heterocycles. The van der Waals surface area contributed by atoms with Gasteiger partial charge in [0.1, 0.15) is 0 Å². The van der Waals surface area contributed by atoms with E-state index in [-0.39, 0.29) is 11.4 Å². The Morgan fingerprint density at radius 2 is 1.84 bits per heavy atom. The van der Waals surface area contributed by atoms with Gasteiger partial charge in [-0.1, -0.05) is 11.1 Å². The van der Waals surface area contributed by atoms with E-state index in [1.165, 1.54) is 18.2 Å². The molecule has 0 unspecified atom stereocenters. The first-order chi connectivity index (χ1) is 15.1. The molecule has 0 amide bonds. The molecule has 13 nitrogen and oxygen atoms in total. The molecule has 4 N–H and O–H groups in total. The van der Waals surface area contributed by atoms with Crippen LogP contribution < -0.4 is 5.56 Å². The van der Waals surface area contributed by atoms with Crippen LogP contribution in [-0.2, 0) is 19.5 Å². The zero-order chi connectivity index (χ0) is 23.5. The number of hydrogen-bond acceptors (Lipinski definition) is 10. The number of H-pyrrole nitrogens is 1. The zero-order valence-corrected chi connectivity index (χ0v) is 17.6. The second-order valence-corrected chi connectivity index (χ2v) is 8.29. The Morgan fingerprint density at radius 1 is 1.16 bits per heavy atom. The van der Waals surface area contributed by atoms with Crippen molar-refractivity contribution in [2.45, 2.75) is 16.7 Å². The quantitative estimate of drug-likeness (QED) is 0.122. The summed E-state index contributed by atoms with van der Waals surface area (Å²) in [6.45, 7) is 1.75. The van der Waals surface area contributed by atoms with Crippen LogP contribution in [0.5, 0.6) is 0 Å². The van der Waals surface area contributed by atoms with Gasteiger partial charge in [0.2, 0.25) is 0 Å². The van der Waals surface area contributed by atoms with Crippen LogP contribution in [0.1, 0.15) is 16.1 Å². The van der Waals surface area contributed by atoms with Crippen LogP contribution in [0.25, 0.3) is 5.69 Å². The van der Waals surface area contributed by atoms with Crippen LogP contribution in [-0.4, -0.2) is 39.1 Å². The molecule has 0 bridgehead atoms. The molecule has 32 heavy (non-hydrogen) atoms. The predicted molar refractivity (Wildman–Crippen MR) is 109 cm³/mol. The number of nitrogens with zero attached hydrogens (tertiary/aromatic N) is 3. The third-order valence-electron chi connectivity index (χ3n) is 4.06. The second kappa shape index (κ2) is 9.43. The monoisotopic (exact) mass is 482 g/mol. The first-order valence-electron chi connectivity index (χ1n) is 8.45. The molecule has 3 rings (SSSR count). The van der Waals surface area contributed by atoms with E-state index < -0.39 is 37.9 Å². The van der Waals surface area contributed by atoms with E-state index in [2.05, 4.69) is 24.7 Å². The van der Waals surface area contributed by atoms with Crippen molar-refractivity contribution >= 4 is 39.5 Å². The summed E-state index contributed by atoms with van der Waals surface area (Å²) >= 11 is 0.698. The van der Waals surface area contributed by atoms with Crippen molar-refractivity contribution in [1.29, 1.82) is 0 Å². The number of aromatic nitrogens is 2. The lowest BCUT2D eigenvalue weighted by Crippen LogP contribution is -2.14. The number of nitrogens with one attached hydrogen (secondary N) is 1. The molecular formula is C17H14N4O9S2. The normalized spacial score (nSPS) is 11.8. The van der Waals surface area contributed by atoms with Gasteiger partial charge in [-0.05, 0) is 48.9 Å². The van der Waals surface area contributed by atoms with E-state index >= 15 is 0 Å². The summed E-state index contributed by atoms with van der Waals surface area (Å²) < 4.78 is 36.6. The molecule has 0 aliphatic heterocycles. The maximum Gasteiger partial charge on any atom is 0.356 e. The third kappa shape index (κ3) is 5.10. The third-order valence-corrected chi connectivity index (χ3v) is 5.68. The molecular weight excluding hydrogens is 468 g/mol. The van der Waals surface area contributed by atoms with Gasteiger partial charge in [-0.2, -0.15) is 13.5 Å². The lowest BCUT2D eigenvalue weighted by Gasteiger charge is -2.03. The highest BCUT2D eigenvalue weighted by molar-refractivity contribution is 7.94. The van der Waals surface area contributed by atoms with Crippen molar-refractivity contribution in [3.05, 3.63) is 64.1 Å². The number of aromatic carboxylic acids is 1. The molecule has 3 aromatic rings. The number of carboxylic acids is 1. The number of aryl methyl sites for hydroxylation is 1. The lowest BCUT2D eigenvalue weighted by atomic mass is 10.2. The van der Waals surface area contributed by atoms with E-state index in [0.717, 1.165) is 22.4 Å². The van der Waals surface area contributed by atoms with Crippen molar-refractivity contribution in [2.75, 3.05) is 0 Å². The first-order valence-corrected chi connectivity index (χ1v) is 10.6. The van der Waals surface area contributed by atoms with Crippen molar-refractivity contribution in [1.82, 2.24) is 9.78 Å². The van der Waals surface area contributed by atoms with Gasteiger partial charge >= 0.3 is 5.97 Å². The molecule has 2 aromatic carbocycles. The zero-order valence-electron chi connectivity index (χ0n) is 16.0. The topological polar surface area (TPSA) is 193 Å². The molecule has 0 fully saturated rings. The summed E-state index contributed by atoms with van der Waals surface area (Å²) in [5, 5.41) is 31.3. The van der Waals surface area contributed by atoms with E-state index in [9.17, 15) is 23.1 Å². The largest absolute Gasteiger partial charge is 0.476 e. The van der Waals surface area contributed by atoms with Gasteiger partial charge in [0.15, 0.2) is 11.4 Å². The van der Waals surface area contributed by atoms with Crippen molar-refractivity contribution in [3.8, 4) is 5.69 Å². The van der Waals surface area contributed by atoms with E-state index in [0.29, 0.717) is 16.9 Å². The smallest absolute Gasteiger partial charge is 0.356 e. The molecule has 0 radical (unpaired) electrons. The molecule has 168 valence electrons. The maximum atomic E-state index is 12.7. The van der Waals surface area contributed by atoms with Crippen LogP contribution in [0.15, 0.2) is 67.3 Å². The average Bonchev–Trinajstić information content (AvgIpc) is 3.08. The molecule has 0 aliphatic carbocycles. The molecule has 0 saturated heterocycles. The standard InChI is InChI=1S/C17H14N4O9S2/c1-9-2-3-10(8-13(9)31-30-29-25)18-19-14-15(17(23)24)20-21(16(14)22)11-4-6-12(7-5-11)32(26,27)28/h2-8,20,25H,1H3,(H,23,24)(H,26,27,28). The number of aromatic amines is 1. The van der Waals surface area contributed by atoms with Crippen LogP contribution in [0.3, 0.4) is 0 Å². The average molecular weight is 482 g/mol. The SMILES string of the molecule is Cc1ccc(N=Nc2c(C(=O)O)[nH]n(-c3ccc(S(=O)(=O)O)cc3)c2=O)cc1SOOO. The lowest BCUT2D eigenvalue weighted by molar-refractivity contribution is -0.432. The number of azo groups is 1. The fraction of sp³-hybridized carbons (Fsp3) is 0.0588. The number of carbonyl (C=O) groups is 1. The Balaban J connectivity index is 2.00. The minimum absolute atomic E-state index is 0.0986. The van der Waals surface area contributed by atoms with Crippen LogP contribution in [0, 0.1) is 6.92 Å². The summed E-state index contributed by atoms with van der Waals surface area (Å²) in [6.07, 6.45) is 0. The number of benzene rings is 2. The number of rotatable bonds is 8. The number of carboxylic acid groups (broad SMARTS) is 1. The molecule has 0 spiro atoms. The van der Waals surface area contributed by atoms with Gasteiger partial charge in [-0.3, -0.25) is 14.4 Å². The van der Waals surface area contributed by atoms with Crippen LogP contribution >= 0.6 is 12.0 Å². The van der Waals surface area contributed by atoms with Gasteiger partial charge in [-0.15, -0.1) is 9.45 Å². The summed E-state index contributed by atoms with van der Waals surface area (Å²) in [7, 11) is -4.44. The van der Waals surface area contributed by atoms with Gasteiger partial charge < -0.3 is 5.11 Å². The maximum absolute atomic E-state index is 12.7. The summed E-state index contributed by atoms with van der Waals surface area (Å²) in [5.41, 5.74) is -0.793. The van der Waals surface area contributed by atoms with Crippen molar-refractivity contribution < 1.29 is 37.5 Å². The highest BCUT2D eigenvalue weighted by atomic mass is 32.2. The van der Waals surface area contributed by atoms with Gasteiger partial charge in [0.25, 0.3) is 15.7 Å². The van der Waals surface area contributed by atoms with Crippen molar-refractivity contribution in [3.63, 3.8) is 0 Å². The van der Waals surface area contributed by atoms with Crippen molar-refractivity contribution in [2.24, 2.45) is 10.2 Å². The van der Waals surface area contributed by atoms with E-state index in [1.54, 1.807) is 19.1 Å². The fourth-order valence-corrected chi connectivity index (χ4v) is 3.47. The molecule has 1 aromatic heterocycles. The summed E-state index contributed by atoms with van der Waals surface area (Å²) in [6, 6.07) is 9.19. The Morgan fingerprint density at radius 3 is 2.44 bits per heavy atom. The Hall–Kier alpha value is -3.34. The first kappa shape index (κ1) is 23.3. The molecule has 0 saturated carbocycles. The van der Waals surface area contributed by atoms with E-state index in [1.807, 2.05) is 0 Å².